The fraction of sp³-hybridized carbons (Fsp3) is 0.533. The first kappa shape index (κ1) is 14.0. The number of amides is 1. The molecule has 1 aromatic carbocycles. The number of anilines is 1. The van der Waals surface area contributed by atoms with Crippen LogP contribution in [0.1, 0.15) is 38.8 Å². The number of hydrogen-bond donors (Lipinski definition) is 2. The van der Waals surface area contributed by atoms with Crippen molar-refractivity contribution in [2.45, 2.75) is 38.8 Å². The van der Waals surface area contributed by atoms with Crippen LogP contribution >= 0.6 is 0 Å². The summed E-state index contributed by atoms with van der Waals surface area (Å²) in [6, 6.07) is 8.17. The van der Waals surface area contributed by atoms with Crippen molar-refractivity contribution in [3.8, 4) is 0 Å². The van der Waals surface area contributed by atoms with Gasteiger partial charge in [0.1, 0.15) is 0 Å². The summed E-state index contributed by atoms with van der Waals surface area (Å²) in [5.74, 6) is -0.0473. The summed E-state index contributed by atoms with van der Waals surface area (Å²) >= 11 is 0. The largest absolute Gasteiger partial charge is 0.379 e. The third-order valence-electron chi connectivity index (χ3n) is 3.49. The zero-order valence-electron chi connectivity index (χ0n) is 11.8. The number of benzene rings is 1. The van der Waals surface area contributed by atoms with E-state index in [-0.39, 0.29) is 17.5 Å². The van der Waals surface area contributed by atoms with E-state index in [0.29, 0.717) is 0 Å². The highest BCUT2D eigenvalue weighted by molar-refractivity contribution is 5.88. The Balaban J connectivity index is 2.06. The fourth-order valence-corrected chi connectivity index (χ4v) is 2.48. The van der Waals surface area contributed by atoms with E-state index in [4.69, 9.17) is 4.74 Å². The predicted octanol–water partition coefficient (Wildman–Crippen LogP) is 2.47. The van der Waals surface area contributed by atoms with Gasteiger partial charge in [0.05, 0.1) is 6.61 Å². The van der Waals surface area contributed by atoms with Gasteiger partial charge >= 0.3 is 0 Å². The minimum Gasteiger partial charge on any atom is -0.379 e. The standard InChI is InChI=1S/C15H22N2O2/c1-11(17-15(3)7-8-19-10-15)13-5-4-6-14(9-13)16-12(2)18/h4-6,9,11,17H,7-8,10H2,1-3H3,(H,16,18)/t11-,15+/m0/s1. The molecule has 1 amide bonds. The quantitative estimate of drug-likeness (QED) is 0.876. The molecule has 1 aliphatic rings. The highest BCUT2D eigenvalue weighted by Crippen LogP contribution is 2.24. The SMILES string of the molecule is CC(=O)Nc1cccc([C@H](C)N[C@]2(C)CCOC2)c1. The maximum absolute atomic E-state index is 11.1. The maximum Gasteiger partial charge on any atom is 0.221 e. The molecule has 4 nitrogen and oxygen atoms in total. The first-order valence-corrected chi connectivity index (χ1v) is 6.71. The topological polar surface area (TPSA) is 50.4 Å². The molecule has 1 aromatic rings. The highest BCUT2D eigenvalue weighted by Gasteiger charge is 2.30. The van der Waals surface area contributed by atoms with Gasteiger partial charge in [0.2, 0.25) is 5.91 Å². The van der Waals surface area contributed by atoms with Crippen LogP contribution in [-0.2, 0) is 9.53 Å². The molecule has 0 aliphatic carbocycles. The molecule has 1 aliphatic heterocycles. The highest BCUT2D eigenvalue weighted by atomic mass is 16.5. The van der Waals surface area contributed by atoms with Gasteiger partial charge in [0.25, 0.3) is 0 Å². The van der Waals surface area contributed by atoms with Gasteiger partial charge in [0, 0.05) is 30.8 Å². The van der Waals surface area contributed by atoms with Crippen LogP contribution in [0.15, 0.2) is 24.3 Å². The summed E-state index contributed by atoms with van der Waals surface area (Å²) in [5, 5.41) is 6.43. The van der Waals surface area contributed by atoms with E-state index in [1.54, 1.807) is 0 Å². The van der Waals surface area contributed by atoms with E-state index in [1.165, 1.54) is 12.5 Å². The molecule has 2 rings (SSSR count). The predicted molar refractivity (Wildman–Crippen MR) is 76.1 cm³/mol. The molecule has 0 radical (unpaired) electrons. The number of hydrogen-bond acceptors (Lipinski definition) is 3. The van der Waals surface area contributed by atoms with E-state index in [2.05, 4.69) is 30.5 Å². The molecule has 2 atom stereocenters. The lowest BCUT2D eigenvalue weighted by Gasteiger charge is -2.28. The molecule has 1 heterocycles. The summed E-state index contributed by atoms with van der Waals surface area (Å²) in [6.07, 6.45) is 1.03. The molecule has 0 saturated carbocycles. The molecule has 0 bridgehead atoms. The Labute approximate surface area is 114 Å². The van der Waals surface area contributed by atoms with E-state index >= 15 is 0 Å². The van der Waals surface area contributed by atoms with Crippen molar-refractivity contribution in [1.29, 1.82) is 0 Å². The zero-order valence-corrected chi connectivity index (χ0v) is 11.8. The van der Waals surface area contributed by atoms with Crippen LogP contribution in [0.4, 0.5) is 5.69 Å². The minimum absolute atomic E-state index is 0.0451. The van der Waals surface area contributed by atoms with Crippen LogP contribution in [0, 0.1) is 0 Å². The molecule has 0 spiro atoms. The second-order valence-electron chi connectivity index (χ2n) is 5.54. The van der Waals surface area contributed by atoms with Crippen molar-refractivity contribution in [1.82, 2.24) is 5.32 Å². The lowest BCUT2D eigenvalue weighted by molar-refractivity contribution is -0.114. The average molecular weight is 262 g/mol. The second kappa shape index (κ2) is 5.72. The second-order valence-corrected chi connectivity index (χ2v) is 5.54. The molecule has 4 heteroatoms. The molecule has 1 saturated heterocycles. The van der Waals surface area contributed by atoms with Gasteiger partial charge < -0.3 is 15.4 Å². The molecule has 0 unspecified atom stereocenters. The molecule has 2 N–H and O–H groups in total. The number of carbonyl (C=O) groups is 1. The number of carbonyl (C=O) groups excluding carboxylic acids is 1. The molecule has 0 aromatic heterocycles. The Morgan fingerprint density at radius 2 is 2.26 bits per heavy atom. The van der Waals surface area contributed by atoms with Crippen LogP contribution in [0.25, 0.3) is 0 Å². The monoisotopic (exact) mass is 262 g/mol. The van der Waals surface area contributed by atoms with Crippen LogP contribution in [0.3, 0.4) is 0 Å². The Morgan fingerprint density at radius 3 is 2.89 bits per heavy atom. The molecule has 1 fully saturated rings. The molecular weight excluding hydrogens is 240 g/mol. The van der Waals surface area contributed by atoms with Crippen LogP contribution in [0.2, 0.25) is 0 Å². The number of ether oxygens (including phenoxy) is 1. The van der Waals surface area contributed by atoms with Gasteiger partial charge in [-0.2, -0.15) is 0 Å². The number of rotatable bonds is 4. The van der Waals surface area contributed by atoms with Crippen molar-refractivity contribution in [2.24, 2.45) is 0 Å². The van der Waals surface area contributed by atoms with E-state index in [1.807, 2.05) is 18.2 Å². The summed E-state index contributed by atoms with van der Waals surface area (Å²) in [5.41, 5.74) is 2.05. The average Bonchev–Trinajstić information content (AvgIpc) is 2.75. The van der Waals surface area contributed by atoms with Crippen LogP contribution < -0.4 is 10.6 Å². The Kier molecular flexibility index (Phi) is 4.22. The van der Waals surface area contributed by atoms with Gasteiger partial charge in [-0.25, -0.2) is 0 Å². The molecular formula is C15H22N2O2. The maximum atomic E-state index is 11.1. The fourth-order valence-electron chi connectivity index (χ4n) is 2.48. The normalized spacial score (nSPS) is 24.2. The summed E-state index contributed by atoms with van der Waals surface area (Å²) in [7, 11) is 0. The Hall–Kier alpha value is -1.39. The summed E-state index contributed by atoms with van der Waals surface area (Å²) < 4.78 is 5.45. The van der Waals surface area contributed by atoms with Crippen molar-refractivity contribution < 1.29 is 9.53 Å². The third kappa shape index (κ3) is 3.78. The molecule has 19 heavy (non-hydrogen) atoms. The third-order valence-corrected chi connectivity index (χ3v) is 3.49. The van der Waals surface area contributed by atoms with Gasteiger partial charge in [-0.15, -0.1) is 0 Å². The summed E-state index contributed by atoms with van der Waals surface area (Å²) in [6.45, 7) is 7.42. The zero-order chi connectivity index (χ0) is 13.9. The Morgan fingerprint density at radius 1 is 1.47 bits per heavy atom. The lowest BCUT2D eigenvalue weighted by atomic mass is 9.98. The van der Waals surface area contributed by atoms with Gasteiger partial charge in [-0.3, -0.25) is 4.79 Å². The number of nitrogens with one attached hydrogen (secondary N) is 2. The van der Waals surface area contributed by atoms with Crippen LogP contribution in [-0.4, -0.2) is 24.7 Å². The van der Waals surface area contributed by atoms with Crippen molar-refractivity contribution >= 4 is 11.6 Å². The van der Waals surface area contributed by atoms with Crippen LogP contribution in [0.5, 0.6) is 0 Å². The van der Waals surface area contributed by atoms with E-state index in [0.717, 1.165) is 25.3 Å². The first-order valence-electron chi connectivity index (χ1n) is 6.71. The van der Waals surface area contributed by atoms with Crippen molar-refractivity contribution in [2.75, 3.05) is 18.5 Å². The van der Waals surface area contributed by atoms with Crippen molar-refractivity contribution in [3.63, 3.8) is 0 Å². The Bertz CT molecular complexity index is 453. The van der Waals surface area contributed by atoms with Gasteiger partial charge in [-0.1, -0.05) is 12.1 Å². The molecule has 104 valence electrons. The van der Waals surface area contributed by atoms with Gasteiger partial charge in [-0.05, 0) is 38.0 Å². The summed E-state index contributed by atoms with van der Waals surface area (Å²) in [4.78, 5) is 11.1. The first-order chi connectivity index (χ1) is 8.98. The van der Waals surface area contributed by atoms with E-state index < -0.39 is 0 Å². The minimum atomic E-state index is -0.0473. The van der Waals surface area contributed by atoms with Gasteiger partial charge in [0.15, 0.2) is 0 Å². The van der Waals surface area contributed by atoms with E-state index in [9.17, 15) is 4.79 Å². The smallest absolute Gasteiger partial charge is 0.221 e. The lowest BCUT2D eigenvalue weighted by Crippen LogP contribution is -2.44. The van der Waals surface area contributed by atoms with Crippen molar-refractivity contribution in [3.05, 3.63) is 29.8 Å².